The molecule has 0 aromatic heterocycles. The van der Waals surface area contributed by atoms with Crippen LogP contribution in [0.2, 0.25) is 0 Å². The fourth-order valence-electron chi connectivity index (χ4n) is 4.29. The van der Waals surface area contributed by atoms with Crippen LogP contribution in [-0.4, -0.2) is 55.2 Å². The zero-order valence-corrected chi connectivity index (χ0v) is 22.3. The van der Waals surface area contributed by atoms with Gasteiger partial charge < -0.3 is 28.4 Å². The predicted octanol–water partition coefficient (Wildman–Crippen LogP) is 4.23. The largest absolute Gasteiger partial charge is 0.463 e. The highest BCUT2D eigenvalue weighted by Gasteiger charge is 2.51. The molecule has 1 aliphatic rings. The van der Waals surface area contributed by atoms with E-state index in [-0.39, 0.29) is 19.8 Å². The SMILES string of the molecule is CC(=O)OC[C@H]1O[C@@H](OC(C)=O)[C@H](OC(=O)c2ccccc2)[C@@H](OCc2ccccc2)[C@@H]1OCc1ccccc1. The van der Waals surface area contributed by atoms with E-state index in [2.05, 4.69) is 0 Å². The Balaban J connectivity index is 1.68. The molecule has 5 atom stereocenters. The molecular formula is C31H32O9. The molecule has 0 radical (unpaired) electrons. The summed E-state index contributed by atoms with van der Waals surface area (Å²) in [6.07, 6.45) is -5.28. The van der Waals surface area contributed by atoms with Crippen molar-refractivity contribution in [3.8, 4) is 0 Å². The van der Waals surface area contributed by atoms with Crippen molar-refractivity contribution in [1.29, 1.82) is 0 Å². The van der Waals surface area contributed by atoms with Gasteiger partial charge in [0, 0.05) is 13.8 Å². The Morgan fingerprint density at radius 1 is 0.650 bits per heavy atom. The maximum absolute atomic E-state index is 13.2. The third kappa shape index (κ3) is 8.22. The summed E-state index contributed by atoms with van der Waals surface area (Å²) in [6.45, 7) is 2.62. The van der Waals surface area contributed by atoms with Gasteiger partial charge in [-0.25, -0.2) is 4.79 Å². The topological polar surface area (TPSA) is 107 Å². The van der Waals surface area contributed by atoms with Crippen molar-refractivity contribution in [3.63, 3.8) is 0 Å². The lowest BCUT2D eigenvalue weighted by Gasteiger charge is -2.44. The highest BCUT2D eigenvalue weighted by atomic mass is 16.7. The molecule has 1 fully saturated rings. The van der Waals surface area contributed by atoms with Gasteiger partial charge in [0.15, 0.2) is 6.10 Å². The van der Waals surface area contributed by atoms with Crippen LogP contribution < -0.4 is 0 Å². The van der Waals surface area contributed by atoms with E-state index in [4.69, 9.17) is 28.4 Å². The number of hydrogen-bond donors (Lipinski definition) is 0. The fourth-order valence-corrected chi connectivity index (χ4v) is 4.29. The molecule has 4 rings (SSSR count). The Bertz CT molecular complexity index is 1230. The second-order valence-corrected chi connectivity index (χ2v) is 9.21. The van der Waals surface area contributed by atoms with E-state index in [9.17, 15) is 14.4 Å². The molecule has 0 unspecified atom stereocenters. The van der Waals surface area contributed by atoms with Crippen molar-refractivity contribution < 1.29 is 42.8 Å². The van der Waals surface area contributed by atoms with E-state index in [1.54, 1.807) is 30.3 Å². The normalized spacial score (nSPS) is 22.2. The van der Waals surface area contributed by atoms with Crippen molar-refractivity contribution in [3.05, 3.63) is 108 Å². The molecule has 9 heteroatoms. The van der Waals surface area contributed by atoms with E-state index in [0.717, 1.165) is 11.1 Å². The summed E-state index contributed by atoms with van der Waals surface area (Å²) in [6, 6.07) is 27.3. The van der Waals surface area contributed by atoms with Crippen molar-refractivity contribution in [2.75, 3.05) is 6.61 Å². The van der Waals surface area contributed by atoms with Crippen molar-refractivity contribution in [1.82, 2.24) is 0 Å². The average molecular weight is 549 g/mol. The van der Waals surface area contributed by atoms with E-state index < -0.39 is 48.6 Å². The molecule has 0 saturated carbocycles. The first kappa shape index (κ1) is 28.9. The molecule has 3 aromatic rings. The van der Waals surface area contributed by atoms with E-state index in [1.807, 2.05) is 60.7 Å². The number of rotatable bonds is 11. The van der Waals surface area contributed by atoms with Gasteiger partial charge in [0.1, 0.15) is 24.9 Å². The number of benzene rings is 3. The summed E-state index contributed by atoms with van der Waals surface area (Å²) < 4.78 is 35.4. The second kappa shape index (κ2) is 14.4. The zero-order valence-electron chi connectivity index (χ0n) is 22.3. The molecule has 1 aliphatic heterocycles. The Morgan fingerprint density at radius 2 is 1.18 bits per heavy atom. The molecule has 0 bridgehead atoms. The van der Waals surface area contributed by atoms with Crippen LogP contribution in [0.1, 0.15) is 35.3 Å². The van der Waals surface area contributed by atoms with Gasteiger partial charge in [0.25, 0.3) is 0 Å². The van der Waals surface area contributed by atoms with Gasteiger partial charge in [-0.3, -0.25) is 9.59 Å². The lowest BCUT2D eigenvalue weighted by atomic mass is 9.97. The fraction of sp³-hybridized carbons (Fsp3) is 0.323. The van der Waals surface area contributed by atoms with Crippen LogP contribution in [-0.2, 0) is 51.2 Å². The molecule has 1 saturated heterocycles. The molecule has 0 N–H and O–H groups in total. The van der Waals surface area contributed by atoms with Gasteiger partial charge in [-0.2, -0.15) is 0 Å². The van der Waals surface area contributed by atoms with Crippen molar-refractivity contribution in [2.45, 2.75) is 57.8 Å². The van der Waals surface area contributed by atoms with Crippen LogP contribution in [0.15, 0.2) is 91.0 Å². The Morgan fingerprint density at radius 3 is 1.70 bits per heavy atom. The van der Waals surface area contributed by atoms with Crippen LogP contribution >= 0.6 is 0 Å². The minimum Gasteiger partial charge on any atom is -0.463 e. The highest BCUT2D eigenvalue weighted by molar-refractivity contribution is 5.89. The summed E-state index contributed by atoms with van der Waals surface area (Å²) in [4.78, 5) is 36.9. The number of esters is 3. The molecule has 9 nitrogen and oxygen atoms in total. The van der Waals surface area contributed by atoms with E-state index in [0.29, 0.717) is 5.56 Å². The zero-order chi connectivity index (χ0) is 28.3. The minimum absolute atomic E-state index is 0.142. The molecule has 0 amide bonds. The number of carbonyl (C=O) groups is 3. The van der Waals surface area contributed by atoms with Gasteiger partial charge in [0.05, 0.1) is 18.8 Å². The Hall–Kier alpha value is -4.05. The monoisotopic (exact) mass is 548 g/mol. The number of ether oxygens (including phenoxy) is 6. The van der Waals surface area contributed by atoms with Crippen molar-refractivity contribution in [2.24, 2.45) is 0 Å². The lowest BCUT2D eigenvalue weighted by Crippen LogP contribution is -2.62. The molecule has 0 aliphatic carbocycles. The second-order valence-electron chi connectivity index (χ2n) is 9.21. The van der Waals surface area contributed by atoms with Crippen LogP contribution in [0.4, 0.5) is 0 Å². The highest BCUT2D eigenvalue weighted by Crippen LogP contribution is 2.31. The van der Waals surface area contributed by atoms with Gasteiger partial charge in [-0.05, 0) is 23.3 Å². The molecular weight excluding hydrogens is 516 g/mol. The van der Waals surface area contributed by atoms with Crippen LogP contribution in [0, 0.1) is 0 Å². The standard InChI is InChI=1S/C31H32O9/c1-21(32)35-20-26-27(36-18-23-12-6-3-7-13-23)28(37-19-24-14-8-4-9-15-24)29(31(39-26)38-22(2)33)40-30(34)25-16-10-5-11-17-25/h3-17,26-29,31H,18-20H2,1-2H3/t26-,27-,28+,29-,31-/m1/s1. The average Bonchev–Trinajstić information content (AvgIpc) is 2.96. The molecule has 0 spiro atoms. The van der Waals surface area contributed by atoms with E-state index >= 15 is 0 Å². The summed E-state index contributed by atoms with van der Waals surface area (Å²) in [5, 5.41) is 0. The number of hydrogen-bond acceptors (Lipinski definition) is 9. The van der Waals surface area contributed by atoms with Crippen LogP contribution in [0.5, 0.6) is 0 Å². The first-order valence-electron chi connectivity index (χ1n) is 12.9. The molecule has 1 heterocycles. The maximum atomic E-state index is 13.2. The van der Waals surface area contributed by atoms with Crippen LogP contribution in [0.3, 0.4) is 0 Å². The quantitative estimate of drug-likeness (QED) is 0.257. The summed E-state index contributed by atoms with van der Waals surface area (Å²) in [5.74, 6) is -1.82. The smallest absolute Gasteiger partial charge is 0.338 e. The summed E-state index contributed by atoms with van der Waals surface area (Å²) in [7, 11) is 0. The van der Waals surface area contributed by atoms with Gasteiger partial charge in [-0.15, -0.1) is 0 Å². The van der Waals surface area contributed by atoms with Gasteiger partial charge >= 0.3 is 17.9 Å². The van der Waals surface area contributed by atoms with Crippen molar-refractivity contribution >= 4 is 17.9 Å². The van der Waals surface area contributed by atoms with Crippen LogP contribution in [0.25, 0.3) is 0 Å². The molecule has 40 heavy (non-hydrogen) atoms. The number of carbonyl (C=O) groups excluding carboxylic acids is 3. The summed E-state index contributed by atoms with van der Waals surface area (Å²) in [5.41, 5.74) is 2.05. The first-order valence-corrected chi connectivity index (χ1v) is 12.9. The Labute approximate surface area is 232 Å². The van der Waals surface area contributed by atoms with Gasteiger partial charge in [0.2, 0.25) is 6.29 Å². The molecule has 3 aromatic carbocycles. The van der Waals surface area contributed by atoms with Gasteiger partial charge in [-0.1, -0.05) is 78.9 Å². The summed E-state index contributed by atoms with van der Waals surface area (Å²) >= 11 is 0. The first-order chi connectivity index (χ1) is 19.4. The third-order valence-electron chi connectivity index (χ3n) is 6.15. The lowest BCUT2D eigenvalue weighted by molar-refractivity contribution is -0.308. The van der Waals surface area contributed by atoms with E-state index in [1.165, 1.54) is 13.8 Å². The molecule has 210 valence electrons. The minimum atomic E-state index is -1.34. The third-order valence-corrected chi connectivity index (χ3v) is 6.15. The Kier molecular flexibility index (Phi) is 10.4. The maximum Gasteiger partial charge on any atom is 0.338 e. The predicted molar refractivity (Wildman–Crippen MR) is 143 cm³/mol.